The first-order chi connectivity index (χ1) is 10.9. The van der Waals surface area contributed by atoms with E-state index in [2.05, 4.69) is 37.3 Å². The summed E-state index contributed by atoms with van der Waals surface area (Å²) in [6.07, 6.45) is 10.0. The molecule has 1 N–H and O–H groups in total. The Labute approximate surface area is 130 Å². The Morgan fingerprint density at radius 1 is 1.09 bits per heavy atom. The molecule has 1 aliphatic carbocycles. The van der Waals surface area contributed by atoms with E-state index in [0.717, 1.165) is 38.3 Å². The molecule has 22 heavy (non-hydrogen) atoms. The molecule has 0 unspecified atom stereocenters. The van der Waals surface area contributed by atoms with Gasteiger partial charge < -0.3 is 5.32 Å². The van der Waals surface area contributed by atoms with Crippen LogP contribution in [0.2, 0.25) is 0 Å². The third kappa shape index (κ3) is 3.09. The fourth-order valence-electron chi connectivity index (χ4n) is 3.02. The van der Waals surface area contributed by atoms with Crippen LogP contribution in [-0.4, -0.2) is 39.0 Å². The zero-order valence-corrected chi connectivity index (χ0v) is 12.7. The van der Waals surface area contributed by atoms with Crippen LogP contribution in [0.15, 0.2) is 30.9 Å². The minimum atomic E-state index is 0.634. The molecule has 5 heteroatoms. The molecule has 2 aliphatic rings. The standard InChI is InChI=1S/C17H21N5/c1-2-14(1)21-17-15-5-9-22(10-6-16(15)19-12-20-17)11-13-3-7-18-8-4-13/h3-4,7-8,12,14H,1-2,5-6,9-11H2,(H,19,20,21). The van der Waals surface area contributed by atoms with E-state index < -0.39 is 0 Å². The number of hydrogen-bond acceptors (Lipinski definition) is 5. The van der Waals surface area contributed by atoms with Gasteiger partial charge in [-0.3, -0.25) is 9.88 Å². The summed E-state index contributed by atoms with van der Waals surface area (Å²) in [5, 5.41) is 3.56. The van der Waals surface area contributed by atoms with Crippen LogP contribution in [0, 0.1) is 0 Å². The van der Waals surface area contributed by atoms with Crippen LogP contribution < -0.4 is 5.32 Å². The summed E-state index contributed by atoms with van der Waals surface area (Å²) in [5.41, 5.74) is 3.87. The Morgan fingerprint density at radius 2 is 1.91 bits per heavy atom. The van der Waals surface area contributed by atoms with Crippen LogP contribution in [-0.2, 0) is 19.4 Å². The molecule has 1 saturated carbocycles. The Morgan fingerprint density at radius 3 is 2.73 bits per heavy atom. The quantitative estimate of drug-likeness (QED) is 0.935. The SMILES string of the molecule is c1cc(CN2CCc3ncnc(NC4CC4)c3CC2)ccn1. The van der Waals surface area contributed by atoms with Crippen molar-refractivity contribution in [1.29, 1.82) is 0 Å². The fourth-order valence-corrected chi connectivity index (χ4v) is 3.02. The van der Waals surface area contributed by atoms with Crippen molar-refractivity contribution in [3.05, 3.63) is 47.7 Å². The molecule has 3 heterocycles. The predicted molar refractivity (Wildman–Crippen MR) is 85.6 cm³/mol. The number of nitrogens with zero attached hydrogens (tertiary/aromatic N) is 4. The molecule has 0 atom stereocenters. The number of aromatic nitrogens is 3. The molecule has 0 bridgehead atoms. The Kier molecular flexibility index (Phi) is 3.72. The highest BCUT2D eigenvalue weighted by Gasteiger charge is 2.25. The van der Waals surface area contributed by atoms with E-state index >= 15 is 0 Å². The van der Waals surface area contributed by atoms with Gasteiger partial charge in [-0.1, -0.05) is 0 Å². The first-order valence-electron chi connectivity index (χ1n) is 8.09. The maximum Gasteiger partial charge on any atom is 0.133 e. The normalized spacial score (nSPS) is 18.5. The Balaban J connectivity index is 1.47. The lowest BCUT2D eigenvalue weighted by molar-refractivity contribution is 0.279. The molecule has 0 amide bonds. The van der Waals surface area contributed by atoms with Crippen molar-refractivity contribution in [1.82, 2.24) is 19.9 Å². The molecule has 0 saturated heterocycles. The summed E-state index contributed by atoms with van der Waals surface area (Å²) < 4.78 is 0. The molecule has 1 aliphatic heterocycles. The number of rotatable bonds is 4. The molecule has 0 aromatic carbocycles. The number of pyridine rings is 1. The second kappa shape index (κ2) is 6.01. The van der Waals surface area contributed by atoms with Crippen molar-refractivity contribution < 1.29 is 0 Å². The molecule has 2 aromatic rings. The van der Waals surface area contributed by atoms with Gasteiger partial charge in [-0.2, -0.15) is 0 Å². The van der Waals surface area contributed by atoms with Crippen molar-refractivity contribution in [2.45, 2.75) is 38.3 Å². The number of anilines is 1. The summed E-state index contributed by atoms with van der Waals surface area (Å²) in [5.74, 6) is 1.07. The molecule has 5 nitrogen and oxygen atoms in total. The van der Waals surface area contributed by atoms with Crippen molar-refractivity contribution in [3.63, 3.8) is 0 Å². The molecular formula is C17H21N5. The monoisotopic (exact) mass is 295 g/mol. The fraction of sp³-hybridized carbons (Fsp3) is 0.471. The predicted octanol–water partition coefficient (Wildman–Crippen LogP) is 2.05. The molecule has 2 aromatic heterocycles. The number of nitrogens with one attached hydrogen (secondary N) is 1. The second-order valence-electron chi connectivity index (χ2n) is 6.20. The van der Waals surface area contributed by atoms with Gasteiger partial charge in [0, 0.05) is 50.1 Å². The Bertz CT molecular complexity index is 639. The third-order valence-electron chi connectivity index (χ3n) is 4.45. The van der Waals surface area contributed by atoms with Gasteiger partial charge in [-0.05, 0) is 37.0 Å². The van der Waals surface area contributed by atoms with E-state index in [-0.39, 0.29) is 0 Å². The highest BCUT2D eigenvalue weighted by Crippen LogP contribution is 2.27. The maximum atomic E-state index is 4.52. The number of fused-ring (bicyclic) bond motifs is 1. The molecule has 0 radical (unpaired) electrons. The topological polar surface area (TPSA) is 53.9 Å². The average Bonchev–Trinajstić information content (AvgIpc) is 3.37. The van der Waals surface area contributed by atoms with E-state index in [1.807, 2.05) is 12.4 Å². The van der Waals surface area contributed by atoms with Crippen molar-refractivity contribution in [3.8, 4) is 0 Å². The summed E-state index contributed by atoms with van der Waals surface area (Å²) in [7, 11) is 0. The van der Waals surface area contributed by atoms with E-state index in [1.54, 1.807) is 6.33 Å². The van der Waals surface area contributed by atoms with Gasteiger partial charge in [-0.25, -0.2) is 9.97 Å². The van der Waals surface area contributed by atoms with Crippen LogP contribution in [0.1, 0.15) is 29.7 Å². The lowest BCUT2D eigenvalue weighted by Gasteiger charge is -2.19. The summed E-state index contributed by atoms with van der Waals surface area (Å²) in [4.78, 5) is 15.6. The van der Waals surface area contributed by atoms with Gasteiger partial charge in [0.05, 0.1) is 5.69 Å². The molecule has 114 valence electrons. The van der Waals surface area contributed by atoms with E-state index in [0.29, 0.717) is 6.04 Å². The van der Waals surface area contributed by atoms with E-state index in [4.69, 9.17) is 0 Å². The van der Waals surface area contributed by atoms with Crippen LogP contribution in [0.25, 0.3) is 0 Å². The first kappa shape index (κ1) is 13.6. The van der Waals surface area contributed by atoms with Crippen LogP contribution in [0.4, 0.5) is 5.82 Å². The van der Waals surface area contributed by atoms with Crippen molar-refractivity contribution in [2.24, 2.45) is 0 Å². The summed E-state index contributed by atoms with van der Waals surface area (Å²) in [6, 6.07) is 4.82. The van der Waals surface area contributed by atoms with Crippen LogP contribution >= 0.6 is 0 Å². The largest absolute Gasteiger partial charge is 0.367 e. The van der Waals surface area contributed by atoms with Gasteiger partial charge in [0.2, 0.25) is 0 Å². The van der Waals surface area contributed by atoms with Gasteiger partial charge in [0.1, 0.15) is 12.1 Å². The minimum Gasteiger partial charge on any atom is -0.367 e. The van der Waals surface area contributed by atoms with Gasteiger partial charge in [0.25, 0.3) is 0 Å². The molecular weight excluding hydrogens is 274 g/mol. The van der Waals surface area contributed by atoms with Crippen LogP contribution in [0.3, 0.4) is 0 Å². The third-order valence-corrected chi connectivity index (χ3v) is 4.45. The summed E-state index contributed by atoms with van der Waals surface area (Å²) in [6.45, 7) is 3.09. The van der Waals surface area contributed by atoms with Gasteiger partial charge in [0.15, 0.2) is 0 Å². The lowest BCUT2D eigenvalue weighted by Crippen LogP contribution is -2.26. The smallest absolute Gasteiger partial charge is 0.133 e. The molecule has 1 fully saturated rings. The zero-order chi connectivity index (χ0) is 14.8. The minimum absolute atomic E-state index is 0.634. The van der Waals surface area contributed by atoms with Gasteiger partial charge in [-0.15, -0.1) is 0 Å². The van der Waals surface area contributed by atoms with E-state index in [9.17, 15) is 0 Å². The van der Waals surface area contributed by atoms with Crippen molar-refractivity contribution >= 4 is 5.82 Å². The highest BCUT2D eigenvalue weighted by atomic mass is 15.1. The maximum absolute atomic E-state index is 4.52. The number of hydrogen-bond donors (Lipinski definition) is 1. The van der Waals surface area contributed by atoms with E-state index in [1.165, 1.54) is 29.7 Å². The van der Waals surface area contributed by atoms with Crippen molar-refractivity contribution in [2.75, 3.05) is 18.4 Å². The summed E-state index contributed by atoms with van der Waals surface area (Å²) >= 11 is 0. The molecule has 0 spiro atoms. The zero-order valence-electron chi connectivity index (χ0n) is 12.7. The molecule has 4 rings (SSSR count). The lowest BCUT2D eigenvalue weighted by atomic mass is 10.1. The highest BCUT2D eigenvalue weighted by molar-refractivity contribution is 5.48. The Hall–Kier alpha value is -2.01. The van der Waals surface area contributed by atoms with Gasteiger partial charge >= 0.3 is 0 Å². The average molecular weight is 295 g/mol. The second-order valence-corrected chi connectivity index (χ2v) is 6.20. The van der Waals surface area contributed by atoms with Crippen LogP contribution in [0.5, 0.6) is 0 Å². The first-order valence-corrected chi connectivity index (χ1v) is 8.09.